The molecular weight excluding hydrogens is 260 g/mol. The lowest BCUT2D eigenvalue weighted by molar-refractivity contribution is 0.423. The second kappa shape index (κ2) is 6.50. The lowest BCUT2D eigenvalue weighted by Crippen LogP contribution is -2.32. The molecule has 1 aromatic carbocycles. The van der Waals surface area contributed by atoms with Gasteiger partial charge in [-0.1, -0.05) is 25.0 Å². The molecule has 1 saturated heterocycles. The summed E-state index contributed by atoms with van der Waals surface area (Å²) >= 11 is 0. The summed E-state index contributed by atoms with van der Waals surface area (Å²) in [5, 5.41) is 3.04. The molecule has 0 unspecified atom stereocenters. The standard InChI is InChI=1S/C14H22N2O2S/c1-15-12-13-7-6-8-14(11-13)19(17,18)16-9-4-2-3-5-10-16/h6-8,11,15H,2-5,9-10,12H2,1H3. The van der Waals surface area contributed by atoms with Crippen molar-refractivity contribution in [2.45, 2.75) is 37.1 Å². The van der Waals surface area contributed by atoms with Crippen LogP contribution in [0.4, 0.5) is 0 Å². The van der Waals surface area contributed by atoms with Gasteiger partial charge in [-0.3, -0.25) is 0 Å². The second-order valence-corrected chi connectivity index (χ2v) is 6.93. The molecule has 1 aromatic rings. The number of rotatable bonds is 4. The summed E-state index contributed by atoms with van der Waals surface area (Å²) in [7, 11) is -1.46. The first-order valence-electron chi connectivity index (χ1n) is 6.88. The molecule has 2 rings (SSSR count). The Balaban J connectivity index is 2.24. The molecule has 1 fully saturated rings. The van der Waals surface area contributed by atoms with Crippen molar-refractivity contribution in [2.75, 3.05) is 20.1 Å². The van der Waals surface area contributed by atoms with E-state index < -0.39 is 10.0 Å². The van der Waals surface area contributed by atoms with Crippen LogP contribution < -0.4 is 5.32 Å². The van der Waals surface area contributed by atoms with Crippen LogP contribution in [0.5, 0.6) is 0 Å². The average Bonchev–Trinajstić information content (AvgIpc) is 2.69. The lowest BCUT2D eigenvalue weighted by Gasteiger charge is -2.20. The van der Waals surface area contributed by atoms with E-state index in [1.807, 2.05) is 19.2 Å². The number of nitrogens with zero attached hydrogens (tertiary/aromatic N) is 1. The second-order valence-electron chi connectivity index (χ2n) is 5.00. The van der Waals surface area contributed by atoms with Crippen LogP contribution >= 0.6 is 0 Å². The predicted molar refractivity (Wildman–Crippen MR) is 76.4 cm³/mol. The molecular formula is C14H22N2O2S. The predicted octanol–water partition coefficient (Wildman–Crippen LogP) is 1.97. The summed E-state index contributed by atoms with van der Waals surface area (Å²) in [6.45, 7) is 1.99. The lowest BCUT2D eigenvalue weighted by atomic mass is 10.2. The Kier molecular flexibility index (Phi) is 4.96. The van der Waals surface area contributed by atoms with Crippen LogP contribution in [0, 0.1) is 0 Å². The van der Waals surface area contributed by atoms with Crippen LogP contribution in [0.15, 0.2) is 29.2 Å². The first-order chi connectivity index (χ1) is 9.14. The van der Waals surface area contributed by atoms with Crippen molar-refractivity contribution in [2.24, 2.45) is 0 Å². The van der Waals surface area contributed by atoms with Crippen molar-refractivity contribution in [3.05, 3.63) is 29.8 Å². The van der Waals surface area contributed by atoms with E-state index in [-0.39, 0.29) is 0 Å². The maximum atomic E-state index is 12.6. The van der Waals surface area contributed by atoms with Crippen LogP contribution in [0.3, 0.4) is 0 Å². The molecule has 0 aromatic heterocycles. The van der Waals surface area contributed by atoms with E-state index in [0.29, 0.717) is 24.5 Å². The molecule has 4 nitrogen and oxygen atoms in total. The number of benzene rings is 1. The summed E-state index contributed by atoms with van der Waals surface area (Å²) in [4.78, 5) is 0.419. The molecule has 1 aliphatic heterocycles. The minimum absolute atomic E-state index is 0.419. The number of hydrogen-bond donors (Lipinski definition) is 1. The average molecular weight is 282 g/mol. The van der Waals surface area contributed by atoms with Gasteiger partial charge in [0.05, 0.1) is 4.90 Å². The molecule has 0 bridgehead atoms. The third-order valence-electron chi connectivity index (χ3n) is 3.48. The highest BCUT2D eigenvalue weighted by molar-refractivity contribution is 7.89. The van der Waals surface area contributed by atoms with Crippen LogP contribution in [0.1, 0.15) is 31.2 Å². The third kappa shape index (κ3) is 3.55. The van der Waals surface area contributed by atoms with Crippen molar-refractivity contribution in [1.29, 1.82) is 0 Å². The monoisotopic (exact) mass is 282 g/mol. The minimum atomic E-state index is -3.32. The topological polar surface area (TPSA) is 49.4 Å². The van der Waals surface area contributed by atoms with E-state index in [1.165, 1.54) is 0 Å². The van der Waals surface area contributed by atoms with Gasteiger partial charge in [-0.15, -0.1) is 0 Å². The Morgan fingerprint density at radius 2 is 1.84 bits per heavy atom. The molecule has 5 heteroatoms. The van der Waals surface area contributed by atoms with E-state index in [1.54, 1.807) is 16.4 Å². The Labute approximate surface area is 115 Å². The van der Waals surface area contributed by atoms with Crippen molar-refractivity contribution >= 4 is 10.0 Å². The smallest absolute Gasteiger partial charge is 0.243 e. The maximum Gasteiger partial charge on any atom is 0.243 e. The summed E-state index contributed by atoms with van der Waals surface area (Å²) in [6, 6.07) is 7.23. The number of sulfonamides is 1. The Hall–Kier alpha value is -0.910. The zero-order valence-corrected chi connectivity index (χ0v) is 12.2. The van der Waals surface area contributed by atoms with E-state index in [4.69, 9.17) is 0 Å². The van der Waals surface area contributed by atoms with Gasteiger partial charge in [0.15, 0.2) is 0 Å². The normalized spacial score (nSPS) is 18.2. The molecule has 0 spiro atoms. The molecule has 0 saturated carbocycles. The van der Waals surface area contributed by atoms with Crippen LogP contribution in [-0.2, 0) is 16.6 Å². The molecule has 1 heterocycles. The van der Waals surface area contributed by atoms with Crippen molar-refractivity contribution in [1.82, 2.24) is 9.62 Å². The minimum Gasteiger partial charge on any atom is -0.316 e. The Morgan fingerprint density at radius 3 is 2.47 bits per heavy atom. The fraction of sp³-hybridized carbons (Fsp3) is 0.571. The molecule has 0 aliphatic carbocycles. The summed E-state index contributed by atoms with van der Waals surface area (Å²) in [5.74, 6) is 0. The Morgan fingerprint density at radius 1 is 1.16 bits per heavy atom. The van der Waals surface area contributed by atoms with Gasteiger partial charge in [0.1, 0.15) is 0 Å². The van der Waals surface area contributed by atoms with Gasteiger partial charge in [0.25, 0.3) is 0 Å². The van der Waals surface area contributed by atoms with Gasteiger partial charge >= 0.3 is 0 Å². The van der Waals surface area contributed by atoms with E-state index in [0.717, 1.165) is 31.2 Å². The van der Waals surface area contributed by atoms with Gasteiger partial charge in [-0.2, -0.15) is 4.31 Å². The van der Waals surface area contributed by atoms with Crippen LogP contribution in [0.25, 0.3) is 0 Å². The number of nitrogens with one attached hydrogen (secondary N) is 1. The fourth-order valence-corrected chi connectivity index (χ4v) is 4.04. The highest BCUT2D eigenvalue weighted by atomic mass is 32.2. The van der Waals surface area contributed by atoms with E-state index in [2.05, 4.69) is 5.32 Å². The van der Waals surface area contributed by atoms with Crippen LogP contribution in [0.2, 0.25) is 0 Å². The van der Waals surface area contributed by atoms with Gasteiger partial charge in [-0.05, 0) is 37.6 Å². The quantitative estimate of drug-likeness (QED) is 0.918. The van der Waals surface area contributed by atoms with E-state index in [9.17, 15) is 8.42 Å². The van der Waals surface area contributed by atoms with Gasteiger partial charge in [0.2, 0.25) is 10.0 Å². The highest BCUT2D eigenvalue weighted by Crippen LogP contribution is 2.21. The first kappa shape index (κ1) is 14.5. The fourth-order valence-electron chi connectivity index (χ4n) is 2.45. The molecule has 1 aliphatic rings. The van der Waals surface area contributed by atoms with E-state index >= 15 is 0 Å². The molecule has 1 N–H and O–H groups in total. The maximum absolute atomic E-state index is 12.6. The molecule has 0 atom stereocenters. The highest BCUT2D eigenvalue weighted by Gasteiger charge is 2.25. The first-order valence-corrected chi connectivity index (χ1v) is 8.32. The van der Waals surface area contributed by atoms with Crippen molar-refractivity contribution < 1.29 is 8.42 Å². The largest absolute Gasteiger partial charge is 0.316 e. The molecule has 106 valence electrons. The summed E-state index contributed by atoms with van der Waals surface area (Å²) in [5.41, 5.74) is 0.999. The van der Waals surface area contributed by atoms with Crippen molar-refractivity contribution in [3.8, 4) is 0 Å². The molecule has 19 heavy (non-hydrogen) atoms. The zero-order valence-electron chi connectivity index (χ0n) is 11.4. The third-order valence-corrected chi connectivity index (χ3v) is 5.38. The summed E-state index contributed by atoms with van der Waals surface area (Å²) < 4.78 is 26.8. The Bertz CT molecular complexity index is 506. The van der Waals surface area contributed by atoms with Crippen LogP contribution in [-0.4, -0.2) is 32.9 Å². The number of hydrogen-bond acceptors (Lipinski definition) is 3. The zero-order chi connectivity index (χ0) is 13.7. The summed E-state index contributed by atoms with van der Waals surface area (Å²) in [6.07, 6.45) is 4.20. The van der Waals surface area contributed by atoms with Gasteiger partial charge in [0, 0.05) is 19.6 Å². The van der Waals surface area contributed by atoms with Gasteiger partial charge < -0.3 is 5.32 Å². The SMILES string of the molecule is CNCc1cccc(S(=O)(=O)N2CCCCCC2)c1. The van der Waals surface area contributed by atoms with Crippen molar-refractivity contribution in [3.63, 3.8) is 0 Å². The van der Waals surface area contributed by atoms with Gasteiger partial charge in [-0.25, -0.2) is 8.42 Å². The molecule has 0 amide bonds. The molecule has 0 radical (unpaired) electrons.